The molecule has 17 heavy (non-hydrogen) atoms. The van der Waals surface area contributed by atoms with Crippen LogP contribution in [0, 0.1) is 0 Å². The first-order valence-corrected chi connectivity index (χ1v) is 5.29. The average Bonchev–Trinajstić information content (AvgIpc) is 2.41. The highest BCUT2D eigenvalue weighted by Crippen LogP contribution is 1.95. The van der Waals surface area contributed by atoms with Crippen LogP contribution in [-0.4, -0.2) is 27.4 Å². The first-order chi connectivity index (χ1) is 8.36. The molecule has 1 N–H and O–H groups in total. The van der Waals surface area contributed by atoms with Crippen LogP contribution >= 0.6 is 0 Å². The quantitative estimate of drug-likeness (QED) is 0.842. The number of pyridine rings is 1. The summed E-state index contributed by atoms with van der Waals surface area (Å²) in [6, 6.07) is 5.24. The summed E-state index contributed by atoms with van der Waals surface area (Å²) >= 11 is 0. The second kappa shape index (κ2) is 5.69. The molecule has 0 atom stereocenters. The third-order valence-electron chi connectivity index (χ3n) is 2.21. The molecule has 0 unspecified atom stereocenters. The fourth-order valence-electron chi connectivity index (χ4n) is 1.37. The molecule has 86 valence electrons. The molecule has 0 bridgehead atoms. The molecule has 2 aromatic heterocycles. The van der Waals surface area contributed by atoms with Gasteiger partial charge >= 0.3 is 0 Å². The van der Waals surface area contributed by atoms with Crippen molar-refractivity contribution in [3.63, 3.8) is 0 Å². The van der Waals surface area contributed by atoms with Crippen molar-refractivity contribution < 1.29 is 4.79 Å². The smallest absolute Gasteiger partial charge is 0.269 e. The zero-order valence-electron chi connectivity index (χ0n) is 9.21. The summed E-state index contributed by atoms with van der Waals surface area (Å²) < 4.78 is 0. The molecule has 2 rings (SSSR count). The highest BCUT2D eigenvalue weighted by Gasteiger charge is 2.04. The van der Waals surface area contributed by atoms with Crippen molar-refractivity contribution in [2.24, 2.45) is 0 Å². The summed E-state index contributed by atoms with van der Waals surface area (Å²) in [5.74, 6) is -0.164. The number of hydrogen-bond acceptors (Lipinski definition) is 4. The van der Waals surface area contributed by atoms with E-state index in [1.807, 2.05) is 0 Å². The highest BCUT2D eigenvalue weighted by atomic mass is 16.1. The van der Waals surface area contributed by atoms with Gasteiger partial charge in [-0.05, 0) is 24.1 Å². The Hall–Kier alpha value is -2.30. The van der Waals surface area contributed by atoms with E-state index in [1.54, 1.807) is 36.8 Å². The van der Waals surface area contributed by atoms with Gasteiger partial charge in [-0.15, -0.1) is 0 Å². The number of aromatic nitrogens is 3. The molecule has 2 aromatic rings. The summed E-state index contributed by atoms with van der Waals surface area (Å²) in [7, 11) is 0. The number of nitrogens with zero attached hydrogens (tertiary/aromatic N) is 3. The minimum atomic E-state index is -0.164. The van der Waals surface area contributed by atoms with E-state index in [-0.39, 0.29) is 5.91 Å². The third-order valence-corrected chi connectivity index (χ3v) is 2.21. The van der Waals surface area contributed by atoms with Gasteiger partial charge < -0.3 is 5.32 Å². The van der Waals surface area contributed by atoms with E-state index in [0.717, 1.165) is 5.56 Å². The molecule has 0 aromatic carbocycles. The van der Waals surface area contributed by atoms with Gasteiger partial charge in [0, 0.05) is 25.1 Å². The summed E-state index contributed by atoms with van der Waals surface area (Å²) in [5, 5.41) is 2.79. The monoisotopic (exact) mass is 228 g/mol. The van der Waals surface area contributed by atoms with Crippen LogP contribution in [0.4, 0.5) is 0 Å². The van der Waals surface area contributed by atoms with Crippen molar-refractivity contribution in [3.8, 4) is 0 Å². The van der Waals surface area contributed by atoms with Crippen LogP contribution in [0.15, 0.2) is 43.1 Å². The first-order valence-electron chi connectivity index (χ1n) is 5.29. The fraction of sp³-hybridized carbons (Fsp3) is 0.167. The molecule has 0 fully saturated rings. The molecule has 1 amide bonds. The van der Waals surface area contributed by atoms with Gasteiger partial charge in [-0.25, -0.2) is 9.97 Å². The lowest BCUT2D eigenvalue weighted by atomic mass is 10.2. The van der Waals surface area contributed by atoms with Crippen LogP contribution in [0.1, 0.15) is 16.1 Å². The maximum Gasteiger partial charge on any atom is 0.269 e. The molecule has 5 nitrogen and oxygen atoms in total. The molecular formula is C12H12N4O. The van der Waals surface area contributed by atoms with E-state index < -0.39 is 0 Å². The Labute approximate surface area is 99.0 Å². The lowest BCUT2D eigenvalue weighted by Crippen LogP contribution is -2.26. The normalized spacial score (nSPS) is 9.88. The van der Waals surface area contributed by atoms with Crippen molar-refractivity contribution in [3.05, 3.63) is 54.4 Å². The van der Waals surface area contributed by atoms with Crippen LogP contribution in [-0.2, 0) is 6.42 Å². The molecule has 0 radical (unpaired) electrons. The van der Waals surface area contributed by atoms with Gasteiger partial charge in [-0.2, -0.15) is 0 Å². The van der Waals surface area contributed by atoms with Crippen LogP contribution in [0.25, 0.3) is 0 Å². The Bertz CT molecular complexity index is 472. The maximum absolute atomic E-state index is 11.6. The highest BCUT2D eigenvalue weighted by molar-refractivity contribution is 5.92. The zero-order chi connectivity index (χ0) is 11.9. The van der Waals surface area contributed by atoms with Gasteiger partial charge in [-0.3, -0.25) is 9.78 Å². The van der Waals surface area contributed by atoms with E-state index >= 15 is 0 Å². The van der Waals surface area contributed by atoms with Crippen molar-refractivity contribution in [2.45, 2.75) is 6.42 Å². The summed E-state index contributed by atoms with van der Waals surface area (Å²) in [6.07, 6.45) is 7.26. The van der Waals surface area contributed by atoms with Crippen molar-refractivity contribution in [1.82, 2.24) is 20.3 Å². The topological polar surface area (TPSA) is 67.8 Å². The largest absolute Gasteiger partial charge is 0.350 e. The molecule has 0 saturated carbocycles. The summed E-state index contributed by atoms with van der Waals surface area (Å²) in [5.41, 5.74) is 1.42. The van der Waals surface area contributed by atoms with Gasteiger partial charge in [0.2, 0.25) is 0 Å². The van der Waals surface area contributed by atoms with Crippen molar-refractivity contribution >= 4 is 5.91 Å². The van der Waals surface area contributed by atoms with E-state index in [4.69, 9.17) is 0 Å². The minimum Gasteiger partial charge on any atom is -0.350 e. The van der Waals surface area contributed by atoms with Crippen LogP contribution < -0.4 is 5.32 Å². The Balaban J connectivity index is 1.82. The van der Waals surface area contributed by atoms with Crippen LogP contribution in [0.5, 0.6) is 0 Å². The Kier molecular flexibility index (Phi) is 3.75. The lowest BCUT2D eigenvalue weighted by molar-refractivity contribution is 0.0949. The molecule has 5 heteroatoms. The number of nitrogens with one attached hydrogen (secondary N) is 1. The van der Waals surface area contributed by atoms with Gasteiger partial charge in [0.25, 0.3) is 5.91 Å². The Morgan fingerprint density at radius 3 is 2.76 bits per heavy atom. The zero-order valence-corrected chi connectivity index (χ0v) is 9.21. The van der Waals surface area contributed by atoms with E-state index in [0.29, 0.717) is 18.7 Å². The van der Waals surface area contributed by atoms with Crippen LogP contribution in [0.3, 0.4) is 0 Å². The maximum atomic E-state index is 11.6. The number of hydrogen-bond donors (Lipinski definition) is 1. The number of carbonyl (C=O) groups excluding carboxylic acids is 1. The lowest BCUT2D eigenvalue weighted by Gasteiger charge is -2.03. The first kappa shape index (κ1) is 11.2. The molecule has 0 aliphatic heterocycles. The molecule has 0 spiro atoms. The van der Waals surface area contributed by atoms with E-state index in [9.17, 15) is 4.79 Å². The van der Waals surface area contributed by atoms with Gasteiger partial charge in [-0.1, -0.05) is 6.07 Å². The van der Waals surface area contributed by atoms with E-state index in [2.05, 4.69) is 20.3 Å². The van der Waals surface area contributed by atoms with Crippen LogP contribution in [0.2, 0.25) is 0 Å². The number of rotatable bonds is 4. The second-order valence-electron chi connectivity index (χ2n) is 3.47. The predicted molar refractivity (Wildman–Crippen MR) is 62.3 cm³/mol. The minimum absolute atomic E-state index is 0.164. The summed E-state index contributed by atoms with van der Waals surface area (Å²) in [6.45, 7) is 0.544. The molecular weight excluding hydrogens is 216 g/mol. The number of carbonyl (C=O) groups is 1. The molecule has 0 aliphatic rings. The predicted octanol–water partition coefficient (Wildman–Crippen LogP) is 0.844. The summed E-state index contributed by atoms with van der Waals surface area (Å²) in [4.78, 5) is 23.4. The Morgan fingerprint density at radius 1 is 1.24 bits per heavy atom. The molecule has 0 saturated heterocycles. The van der Waals surface area contributed by atoms with Gasteiger partial charge in [0.15, 0.2) is 0 Å². The fourth-order valence-corrected chi connectivity index (χ4v) is 1.37. The standard InChI is InChI=1S/C12H12N4O/c17-12(11-3-1-2-5-15-11)16-6-4-10-7-13-9-14-8-10/h1-3,5,7-9H,4,6H2,(H,16,17). The third kappa shape index (κ3) is 3.34. The molecule has 0 aliphatic carbocycles. The Morgan fingerprint density at radius 2 is 2.06 bits per heavy atom. The average molecular weight is 228 g/mol. The van der Waals surface area contributed by atoms with Gasteiger partial charge in [0.05, 0.1) is 0 Å². The number of amides is 1. The molecule has 2 heterocycles. The van der Waals surface area contributed by atoms with Crippen molar-refractivity contribution in [2.75, 3.05) is 6.54 Å². The van der Waals surface area contributed by atoms with E-state index in [1.165, 1.54) is 6.33 Å². The van der Waals surface area contributed by atoms with Gasteiger partial charge in [0.1, 0.15) is 12.0 Å². The SMILES string of the molecule is O=C(NCCc1cncnc1)c1ccccn1. The van der Waals surface area contributed by atoms with Crippen molar-refractivity contribution in [1.29, 1.82) is 0 Å². The second-order valence-corrected chi connectivity index (χ2v) is 3.47.